The third-order valence-corrected chi connectivity index (χ3v) is 1.76. The summed E-state index contributed by atoms with van der Waals surface area (Å²) in [7, 11) is 0. The van der Waals surface area contributed by atoms with Crippen molar-refractivity contribution in [3.8, 4) is 0 Å². The number of H-pyrrole nitrogens is 1. The first-order chi connectivity index (χ1) is 6.11. The molecule has 0 saturated heterocycles. The lowest BCUT2D eigenvalue weighted by atomic mass is 10.2. The number of rotatable bonds is 3. The van der Waals surface area contributed by atoms with Crippen molar-refractivity contribution in [1.82, 2.24) is 10.3 Å². The molecule has 1 heterocycles. The Morgan fingerprint density at radius 1 is 1.77 bits per heavy atom. The predicted molar refractivity (Wildman–Crippen MR) is 49.5 cm³/mol. The van der Waals surface area contributed by atoms with Crippen LogP contribution in [0.5, 0.6) is 0 Å². The van der Waals surface area contributed by atoms with Gasteiger partial charge in [-0.2, -0.15) is 0 Å². The van der Waals surface area contributed by atoms with Crippen LogP contribution in [0.2, 0.25) is 0 Å². The van der Waals surface area contributed by atoms with Gasteiger partial charge in [-0.1, -0.05) is 0 Å². The summed E-state index contributed by atoms with van der Waals surface area (Å²) in [6.45, 7) is 3.74. The van der Waals surface area contributed by atoms with Gasteiger partial charge in [0.2, 0.25) is 0 Å². The zero-order valence-electron chi connectivity index (χ0n) is 7.79. The standard InChI is InChI=1S/C9H14N2O2/c1-6(12)5-11-9(13)8-3-4-10-7(8)2/h3-4,6,10,12H,5H2,1-2H3,(H,11,13)/t6-/m0/s1. The van der Waals surface area contributed by atoms with E-state index in [2.05, 4.69) is 10.3 Å². The number of hydrogen-bond donors (Lipinski definition) is 3. The highest BCUT2D eigenvalue weighted by Crippen LogP contribution is 2.03. The lowest BCUT2D eigenvalue weighted by Crippen LogP contribution is -2.30. The van der Waals surface area contributed by atoms with Gasteiger partial charge in [0.25, 0.3) is 5.91 Å². The molecule has 0 aliphatic heterocycles. The highest BCUT2D eigenvalue weighted by atomic mass is 16.3. The number of aliphatic hydroxyl groups is 1. The molecule has 72 valence electrons. The lowest BCUT2D eigenvalue weighted by Gasteiger charge is -2.06. The van der Waals surface area contributed by atoms with Crippen molar-refractivity contribution in [3.63, 3.8) is 0 Å². The van der Waals surface area contributed by atoms with E-state index in [9.17, 15) is 4.79 Å². The van der Waals surface area contributed by atoms with Crippen molar-refractivity contribution in [2.75, 3.05) is 6.54 Å². The van der Waals surface area contributed by atoms with Gasteiger partial charge in [0.1, 0.15) is 0 Å². The van der Waals surface area contributed by atoms with Gasteiger partial charge in [-0.05, 0) is 19.9 Å². The minimum atomic E-state index is -0.511. The molecule has 1 rings (SSSR count). The van der Waals surface area contributed by atoms with E-state index in [1.54, 1.807) is 19.2 Å². The van der Waals surface area contributed by atoms with Crippen LogP contribution in [0.15, 0.2) is 12.3 Å². The molecule has 3 N–H and O–H groups in total. The first-order valence-corrected chi connectivity index (χ1v) is 4.21. The van der Waals surface area contributed by atoms with E-state index in [-0.39, 0.29) is 12.5 Å². The molecule has 0 aromatic carbocycles. The Balaban J connectivity index is 2.54. The topological polar surface area (TPSA) is 65.1 Å². The van der Waals surface area contributed by atoms with Crippen LogP contribution in [-0.4, -0.2) is 28.6 Å². The monoisotopic (exact) mass is 182 g/mol. The van der Waals surface area contributed by atoms with Crippen molar-refractivity contribution in [3.05, 3.63) is 23.5 Å². The number of aryl methyl sites for hydroxylation is 1. The summed E-state index contributed by atoms with van der Waals surface area (Å²) < 4.78 is 0. The highest BCUT2D eigenvalue weighted by Gasteiger charge is 2.09. The number of amides is 1. The van der Waals surface area contributed by atoms with Crippen molar-refractivity contribution >= 4 is 5.91 Å². The van der Waals surface area contributed by atoms with Gasteiger partial charge in [-0.25, -0.2) is 0 Å². The maximum absolute atomic E-state index is 11.4. The smallest absolute Gasteiger partial charge is 0.253 e. The van der Waals surface area contributed by atoms with Crippen molar-refractivity contribution in [2.24, 2.45) is 0 Å². The molecular formula is C9H14N2O2. The van der Waals surface area contributed by atoms with Gasteiger partial charge >= 0.3 is 0 Å². The first kappa shape index (κ1) is 9.80. The highest BCUT2D eigenvalue weighted by molar-refractivity contribution is 5.95. The van der Waals surface area contributed by atoms with E-state index in [1.165, 1.54) is 0 Å². The molecule has 0 radical (unpaired) electrons. The minimum Gasteiger partial charge on any atom is -0.392 e. The van der Waals surface area contributed by atoms with Crippen LogP contribution in [0.25, 0.3) is 0 Å². The molecule has 13 heavy (non-hydrogen) atoms. The second kappa shape index (κ2) is 4.09. The summed E-state index contributed by atoms with van der Waals surface area (Å²) >= 11 is 0. The van der Waals surface area contributed by atoms with E-state index in [0.29, 0.717) is 5.56 Å². The molecule has 0 unspecified atom stereocenters. The molecule has 1 atom stereocenters. The number of aromatic amines is 1. The van der Waals surface area contributed by atoms with Crippen LogP contribution in [0, 0.1) is 6.92 Å². The Hall–Kier alpha value is -1.29. The van der Waals surface area contributed by atoms with Gasteiger partial charge in [0.05, 0.1) is 11.7 Å². The van der Waals surface area contributed by atoms with E-state index in [1.807, 2.05) is 6.92 Å². The maximum Gasteiger partial charge on any atom is 0.253 e. The molecule has 0 fully saturated rings. The number of nitrogens with one attached hydrogen (secondary N) is 2. The predicted octanol–water partition coefficient (Wildman–Crippen LogP) is 0.434. The largest absolute Gasteiger partial charge is 0.392 e. The third-order valence-electron chi connectivity index (χ3n) is 1.76. The van der Waals surface area contributed by atoms with E-state index < -0.39 is 6.10 Å². The van der Waals surface area contributed by atoms with Gasteiger partial charge in [0.15, 0.2) is 0 Å². The first-order valence-electron chi connectivity index (χ1n) is 4.21. The quantitative estimate of drug-likeness (QED) is 0.634. The van der Waals surface area contributed by atoms with Crippen LogP contribution >= 0.6 is 0 Å². The Morgan fingerprint density at radius 2 is 2.46 bits per heavy atom. The molecular weight excluding hydrogens is 168 g/mol. The van der Waals surface area contributed by atoms with Gasteiger partial charge in [-0.15, -0.1) is 0 Å². The summed E-state index contributed by atoms with van der Waals surface area (Å²) in [5, 5.41) is 11.6. The maximum atomic E-state index is 11.4. The lowest BCUT2D eigenvalue weighted by molar-refractivity contribution is 0.0923. The fourth-order valence-electron chi connectivity index (χ4n) is 1.03. The average Bonchev–Trinajstić information content (AvgIpc) is 2.47. The number of aromatic nitrogens is 1. The summed E-state index contributed by atoms with van der Waals surface area (Å²) in [5.74, 6) is -0.153. The Bertz CT molecular complexity index is 292. The van der Waals surface area contributed by atoms with E-state index in [0.717, 1.165) is 5.69 Å². The van der Waals surface area contributed by atoms with Gasteiger partial charge in [-0.3, -0.25) is 4.79 Å². The number of carbonyl (C=O) groups is 1. The third kappa shape index (κ3) is 2.59. The molecule has 0 aliphatic carbocycles. The molecule has 0 bridgehead atoms. The Kier molecular flexibility index (Phi) is 3.08. The normalized spacial score (nSPS) is 12.5. The zero-order valence-corrected chi connectivity index (χ0v) is 7.79. The summed E-state index contributed by atoms with van der Waals surface area (Å²) in [6, 6.07) is 1.71. The molecule has 0 saturated carbocycles. The summed E-state index contributed by atoms with van der Waals surface area (Å²) in [4.78, 5) is 14.3. The second-order valence-corrected chi connectivity index (χ2v) is 3.08. The Labute approximate surface area is 77.0 Å². The van der Waals surface area contributed by atoms with Crippen LogP contribution in [0.4, 0.5) is 0 Å². The summed E-state index contributed by atoms with van der Waals surface area (Å²) in [5.41, 5.74) is 1.46. The van der Waals surface area contributed by atoms with Crippen molar-refractivity contribution < 1.29 is 9.90 Å². The minimum absolute atomic E-state index is 0.153. The van der Waals surface area contributed by atoms with Crippen molar-refractivity contribution in [2.45, 2.75) is 20.0 Å². The molecule has 1 amide bonds. The number of aliphatic hydroxyl groups excluding tert-OH is 1. The fourth-order valence-corrected chi connectivity index (χ4v) is 1.03. The van der Waals surface area contributed by atoms with Gasteiger partial charge in [0, 0.05) is 18.4 Å². The molecule has 0 spiro atoms. The Morgan fingerprint density at radius 3 is 2.92 bits per heavy atom. The summed E-state index contributed by atoms with van der Waals surface area (Å²) in [6.07, 6.45) is 1.20. The molecule has 0 aliphatic rings. The number of carbonyl (C=O) groups excluding carboxylic acids is 1. The van der Waals surface area contributed by atoms with E-state index in [4.69, 9.17) is 5.11 Å². The molecule has 4 heteroatoms. The van der Waals surface area contributed by atoms with E-state index >= 15 is 0 Å². The van der Waals surface area contributed by atoms with Crippen LogP contribution in [-0.2, 0) is 0 Å². The molecule has 1 aromatic rings. The van der Waals surface area contributed by atoms with Crippen LogP contribution in [0.3, 0.4) is 0 Å². The van der Waals surface area contributed by atoms with Crippen LogP contribution in [0.1, 0.15) is 23.0 Å². The van der Waals surface area contributed by atoms with Gasteiger partial charge < -0.3 is 15.4 Å². The molecule has 1 aromatic heterocycles. The fraction of sp³-hybridized carbons (Fsp3) is 0.444. The second-order valence-electron chi connectivity index (χ2n) is 3.08. The zero-order chi connectivity index (χ0) is 9.84. The van der Waals surface area contributed by atoms with Crippen molar-refractivity contribution in [1.29, 1.82) is 0 Å². The number of hydrogen-bond acceptors (Lipinski definition) is 2. The SMILES string of the molecule is Cc1[nH]ccc1C(=O)NC[C@H](C)O. The average molecular weight is 182 g/mol. The molecule has 4 nitrogen and oxygen atoms in total. The van der Waals surface area contributed by atoms with Crippen LogP contribution < -0.4 is 5.32 Å².